The van der Waals surface area contributed by atoms with Gasteiger partial charge in [0.15, 0.2) is 5.78 Å². The van der Waals surface area contributed by atoms with Gasteiger partial charge in [0, 0.05) is 19.0 Å². The monoisotopic (exact) mass is 306 g/mol. The predicted molar refractivity (Wildman–Crippen MR) is 87.3 cm³/mol. The molecule has 2 aliphatic rings. The van der Waals surface area contributed by atoms with Crippen LogP contribution in [0.4, 0.5) is 0 Å². The summed E-state index contributed by atoms with van der Waals surface area (Å²) in [4.78, 5) is 30.9. The second-order valence-corrected chi connectivity index (χ2v) is 6.57. The van der Waals surface area contributed by atoms with Gasteiger partial charge in [0.05, 0.1) is 6.57 Å². The zero-order valence-electron chi connectivity index (χ0n) is 13.5. The highest BCUT2D eigenvalue weighted by molar-refractivity contribution is 6.10. The molecule has 1 atom stereocenters. The molecule has 4 nitrogen and oxygen atoms in total. The Morgan fingerprint density at radius 2 is 1.83 bits per heavy atom. The van der Waals surface area contributed by atoms with Gasteiger partial charge in [-0.1, -0.05) is 56.3 Å². The molecule has 1 aliphatic carbocycles. The first-order chi connectivity index (χ1) is 10.9. The molecule has 4 heteroatoms. The van der Waals surface area contributed by atoms with Crippen LogP contribution in [0.2, 0.25) is 0 Å². The Morgan fingerprint density at radius 1 is 1.17 bits per heavy atom. The third-order valence-electron chi connectivity index (χ3n) is 4.85. The summed E-state index contributed by atoms with van der Waals surface area (Å²) in [6, 6.07) is 9.40. The van der Waals surface area contributed by atoms with Gasteiger partial charge in [0.1, 0.15) is 5.41 Å². The second-order valence-electron chi connectivity index (χ2n) is 6.57. The summed E-state index contributed by atoms with van der Waals surface area (Å²) >= 11 is 0. The van der Waals surface area contributed by atoms with Crippen molar-refractivity contribution >= 4 is 11.7 Å². The first-order valence-electron chi connectivity index (χ1n) is 7.53. The van der Waals surface area contributed by atoms with Crippen LogP contribution in [-0.2, 0) is 15.0 Å². The number of ketones is 1. The molecule has 1 aliphatic heterocycles. The number of fused-ring (bicyclic) bond motifs is 1. The van der Waals surface area contributed by atoms with Crippen molar-refractivity contribution in [3.63, 3.8) is 0 Å². The van der Waals surface area contributed by atoms with Crippen molar-refractivity contribution in [1.29, 1.82) is 0 Å². The molecule has 0 N–H and O–H groups in total. The molecule has 0 saturated carbocycles. The largest absolute Gasteiger partial charge is 0.341 e. The zero-order chi connectivity index (χ0) is 16.8. The topological polar surface area (TPSA) is 41.7 Å². The summed E-state index contributed by atoms with van der Waals surface area (Å²) in [6.45, 7) is 11.4. The number of likely N-dealkylation sites (N-methyl/N-ethyl adjacent to an activating group) is 1. The molecule has 0 saturated heterocycles. The maximum absolute atomic E-state index is 13.2. The van der Waals surface area contributed by atoms with Crippen LogP contribution in [0.25, 0.3) is 4.85 Å². The van der Waals surface area contributed by atoms with Crippen LogP contribution >= 0.6 is 0 Å². The number of carbonyl (C=O) groups is 2. The van der Waals surface area contributed by atoms with E-state index >= 15 is 0 Å². The molecule has 0 unspecified atom stereocenters. The van der Waals surface area contributed by atoms with Crippen LogP contribution in [0, 0.1) is 12.0 Å². The molecule has 116 valence electrons. The summed E-state index contributed by atoms with van der Waals surface area (Å²) in [7, 11) is 1.75. The fraction of sp³-hybridized carbons (Fsp3) is 0.316. The molecule has 0 bridgehead atoms. The highest BCUT2D eigenvalue weighted by atomic mass is 16.2. The standard InChI is InChI=1S/C19H18N2O2/c1-18(2)15-10-11-21(4)17(23)19(15,12-14(20-3)16(18)22)13-8-6-5-7-9-13/h5-10,12H,11H2,1-2,4H3/t19-/m0/s1. The molecule has 1 aromatic rings. The third-order valence-corrected chi connectivity index (χ3v) is 4.85. The molecule has 1 aromatic carbocycles. The average molecular weight is 306 g/mol. The van der Waals surface area contributed by atoms with Gasteiger partial charge in [0.2, 0.25) is 11.6 Å². The number of Topliss-reactive ketones (excluding diaryl/α,β-unsaturated/α-hetero) is 1. The van der Waals surface area contributed by atoms with Gasteiger partial charge in [-0.3, -0.25) is 4.79 Å². The molecule has 3 rings (SSSR count). The lowest BCUT2D eigenvalue weighted by molar-refractivity contribution is -0.135. The van der Waals surface area contributed by atoms with E-state index in [4.69, 9.17) is 6.57 Å². The number of carbonyl (C=O) groups excluding carboxylic acids is 2. The van der Waals surface area contributed by atoms with E-state index in [1.165, 1.54) is 0 Å². The number of hydrogen-bond acceptors (Lipinski definition) is 2. The van der Waals surface area contributed by atoms with Crippen molar-refractivity contribution in [3.05, 3.63) is 70.7 Å². The molecule has 0 spiro atoms. The Labute approximate surface area is 135 Å². The second kappa shape index (κ2) is 4.92. The summed E-state index contributed by atoms with van der Waals surface area (Å²) in [6.07, 6.45) is 3.52. The molecule has 23 heavy (non-hydrogen) atoms. The lowest BCUT2D eigenvalue weighted by Crippen LogP contribution is -2.55. The van der Waals surface area contributed by atoms with Crippen molar-refractivity contribution in [3.8, 4) is 0 Å². The normalized spacial score (nSPS) is 26.1. The van der Waals surface area contributed by atoms with Crippen molar-refractivity contribution in [1.82, 2.24) is 4.90 Å². The van der Waals surface area contributed by atoms with Crippen LogP contribution in [0.3, 0.4) is 0 Å². The number of nitrogens with zero attached hydrogens (tertiary/aromatic N) is 2. The number of benzene rings is 1. The van der Waals surface area contributed by atoms with Gasteiger partial charge in [-0.05, 0) is 11.1 Å². The van der Waals surface area contributed by atoms with Crippen molar-refractivity contribution in [2.24, 2.45) is 5.41 Å². The van der Waals surface area contributed by atoms with E-state index < -0.39 is 10.8 Å². The van der Waals surface area contributed by atoms with E-state index in [0.717, 1.165) is 11.1 Å². The molecule has 0 fully saturated rings. The van der Waals surface area contributed by atoms with Gasteiger partial charge >= 0.3 is 0 Å². The quantitative estimate of drug-likeness (QED) is 0.591. The third kappa shape index (κ3) is 1.90. The summed E-state index contributed by atoms with van der Waals surface area (Å²) in [5, 5.41) is 0. The van der Waals surface area contributed by atoms with E-state index in [2.05, 4.69) is 4.85 Å². The van der Waals surface area contributed by atoms with Gasteiger partial charge in [-0.15, -0.1) is 0 Å². The molecule has 1 amide bonds. The minimum absolute atomic E-state index is 0.0413. The van der Waals surface area contributed by atoms with E-state index in [1.54, 1.807) is 31.9 Å². The fourth-order valence-electron chi connectivity index (χ4n) is 3.64. The highest BCUT2D eigenvalue weighted by Crippen LogP contribution is 2.51. The van der Waals surface area contributed by atoms with Crippen molar-refractivity contribution < 1.29 is 9.59 Å². The first kappa shape index (κ1) is 15.2. The maximum atomic E-state index is 13.2. The summed E-state index contributed by atoms with van der Waals surface area (Å²) in [5.74, 6) is -0.314. The Kier molecular flexibility index (Phi) is 3.26. The summed E-state index contributed by atoms with van der Waals surface area (Å²) < 4.78 is 0. The van der Waals surface area contributed by atoms with Gasteiger partial charge in [-0.25, -0.2) is 4.85 Å². The smallest absolute Gasteiger partial charge is 0.240 e. The summed E-state index contributed by atoms with van der Waals surface area (Å²) in [5.41, 5.74) is -0.326. The first-order valence-corrected chi connectivity index (χ1v) is 7.53. The predicted octanol–water partition coefficient (Wildman–Crippen LogP) is 2.73. The van der Waals surface area contributed by atoms with E-state index in [1.807, 2.05) is 36.4 Å². The maximum Gasteiger partial charge on any atom is 0.240 e. The Morgan fingerprint density at radius 3 is 2.43 bits per heavy atom. The Bertz CT molecular complexity index is 796. The lowest BCUT2D eigenvalue weighted by Gasteiger charge is -2.48. The van der Waals surface area contributed by atoms with Gasteiger partial charge < -0.3 is 9.69 Å². The number of rotatable bonds is 1. The van der Waals surface area contributed by atoms with E-state index in [0.29, 0.717) is 6.54 Å². The molecular formula is C19H18N2O2. The van der Waals surface area contributed by atoms with Crippen molar-refractivity contribution in [2.45, 2.75) is 19.3 Å². The molecular weight excluding hydrogens is 288 g/mol. The molecule has 0 aromatic heterocycles. The van der Waals surface area contributed by atoms with Crippen molar-refractivity contribution in [2.75, 3.05) is 13.6 Å². The van der Waals surface area contributed by atoms with Crippen LogP contribution in [0.5, 0.6) is 0 Å². The van der Waals surface area contributed by atoms with Crippen LogP contribution in [0.1, 0.15) is 19.4 Å². The van der Waals surface area contributed by atoms with Crippen LogP contribution < -0.4 is 0 Å². The fourth-order valence-corrected chi connectivity index (χ4v) is 3.64. The van der Waals surface area contributed by atoms with Gasteiger partial charge in [-0.2, -0.15) is 0 Å². The average Bonchev–Trinajstić information content (AvgIpc) is 2.55. The van der Waals surface area contributed by atoms with E-state index in [9.17, 15) is 9.59 Å². The number of hydrogen-bond donors (Lipinski definition) is 0. The minimum Gasteiger partial charge on any atom is -0.341 e. The zero-order valence-corrected chi connectivity index (χ0v) is 13.5. The minimum atomic E-state index is -1.06. The van der Waals surface area contributed by atoms with Crippen LogP contribution in [-0.4, -0.2) is 30.2 Å². The molecule has 1 heterocycles. The SMILES string of the molecule is [C-]#[N+]C1=C[C@@]2(c3ccccc3)C(=O)N(C)CC=C2C(C)(C)C1=O. The van der Waals surface area contributed by atoms with Gasteiger partial charge in [0.25, 0.3) is 0 Å². The lowest BCUT2D eigenvalue weighted by atomic mass is 9.57. The number of amides is 1. The Hall–Kier alpha value is -2.67. The Balaban J connectivity index is 2.42. The van der Waals surface area contributed by atoms with Crippen LogP contribution in [0.15, 0.2) is 53.8 Å². The highest BCUT2D eigenvalue weighted by Gasteiger charge is 2.56. The number of allylic oxidation sites excluding steroid dienone is 1. The van der Waals surface area contributed by atoms with E-state index in [-0.39, 0.29) is 17.4 Å². The molecule has 0 radical (unpaired) electrons.